The van der Waals surface area contributed by atoms with Crippen molar-refractivity contribution < 1.29 is 4.39 Å². The number of piperazine rings is 1. The Morgan fingerprint density at radius 2 is 1.87 bits per heavy atom. The van der Waals surface area contributed by atoms with E-state index in [2.05, 4.69) is 44.5 Å². The van der Waals surface area contributed by atoms with Crippen molar-refractivity contribution >= 4 is 22.5 Å². The quantitative estimate of drug-likeness (QED) is 0.376. The molecule has 190 valence electrons. The van der Waals surface area contributed by atoms with E-state index in [-0.39, 0.29) is 29.5 Å². The monoisotopic (exact) mass is 507 g/mol. The summed E-state index contributed by atoms with van der Waals surface area (Å²) in [6.07, 6.45) is 1.23. The highest BCUT2D eigenvalue weighted by Crippen LogP contribution is 2.35. The maximum absolute atomic E-state index is 13.7. The minimum Gasteiger partial charge on any atom is -0.362 e. The van der Waals surface area contributed by atoms with E-state index in [1.54, 1.807) is 48.0 Å². The Morgan fingerprint density at radius 3 is 2.53 bits per heavy atom. The van der Waals surface area contributed by atoms with Gasteiger partial charge in [0.05, 0.1) is 40.8 Å². The van der Waals surface area contributed by atoms with Gasteiger partial charge in [-0.25, -0.2) is 4.39 Å². The molecule has 3 atom stereocenters. The van der Waals surface area contributed by atoms with Crippen molar-refractivity contribution in [3.05, 3.63) is 105 Å². The normalized spacial score (nSPS) is 18.6. The number of fused-ring (bicyclic) bond motifs is 1. The first kappa shape index (κ1) is 25.1. The highest BCUT2D eigenvalue weighted by Gasteiger charge is 2.37. The summed E-state index contributed by atoms with van der Waals surface area (Å²) in [5.41, 5.74) is 4.10. The van der Waals surface area contributed by atoms with E-state index in [4.69, 9.17) is 6.57 Å². The Morgan fingerprint density at radius 1 is 1.11 bits per heavy atom. The van der Waals surface area contributed by atoms with Gasteiger partial charge in [-0.15, -0.1) is 4.98 Å². The minimum atomic E-state index is -0.401. The Bertz CT molecular complexity index is 1630. The molecule has 5 rings (SSSR count). The lowest BCUT2D eigenvalue weighted by Crippen LogP contribution is -2.57. The van der Waals surface area contributed by atoms with Crippen LogP contribution in [0.3, 0.4) is 0 Å². The van der Waals surface area contributed by atoms with Crippen LogP contribution >= 0.6 is 0 Å². The maximum atomic E-state index is 13.7. The van der Waals surface area contributed by atoms with E-state index < -0.39 is 5.82 Å². The van der Waals surface area contributed by atoms with Gasteiger partial charge < -0.3 is 14.3 Å². The van der Waals surface area contributed by atoms with Crippen molar-refractivity contribution in [1.82, 2.24) is 19.4 Å². The third kappa shape index (κ3) is 4.49. The van der Waals surface area contributed by atoms with Gasteiger partial charge in [0.15, 0.2) is 0 Å². The summed E-state index contributed by atoms with van der Waals surface area (Å²) in [7, 11) is 1.70. The zero-order chi connectivity index (χ0) is 27.0. The molecule has 1 aliphatic rings. The van der Waals surface area contributed by atoms with Crippen molar-refractivity contribution in [2.45, 2.75) is 32.0 Å². The second-order valence-corrected chi connectivity index (χ2v) is 9.66. The van der Waals surface area contributed by atoms with Crippen molar-refractivity contribution in [2.24, 2.45) is 7.05 Å². The van der Waals surface area contributed by atoms with Gasteiger partial charge >= 0.3 is 0 Å². The number of rotatable bonds is 4. The van der Waals surface area contributed by atoms with Gasteiger partial charge in [0, 0.05) is 38.3 Å². The number of pyridine rings is 3. The van der Waals surface area contributed by atoms with Crippen LogP contribution in [0.25, 0.3) is 15.9 Å². The fourth-order valence-corrected chi connectivity index (χ4v) is 5.25. The molecule has 0 radical (unpaired) electrons. The van der Waals surface area contributed by atoms with Crippen LogP contribution in [0.1, 0.15) is 36.7 Å². The number of anilines is 1. The summed E-state index contributed by atoms with van der Waals surface area (Å²) < 4.78 is 15.3. The molecule has 1 saturated heterocycles. The van der Waals surface area contributed by atoms with E-state index in [9.17, 15) is 14.4 Å². The van der Waals surface area contributed by atoms with Gasteiger partial charge in [0.25, 0.3) is 11.4 Å². The molecule has 9 heteroatoms. The lowest BCUT2D eigenvalue weighted by molar-refractivity contribution is 0.128. The number of aromatic nitrogens is 3. The van der Waals surface area contributed by atoms with E-state index in [0.717, 1.165) is 5.56 Å². The zero-order valence-electron chi connectivity index (χ0n) is 21.3. The Balaban J connectivity index is 1.55. The number of hydrogen-bond donors (Lipinski definition) is 0. The average Bonchev–Trinajstić information content (AvgIpc) is 2.93. The average molecular weight is 508 g/mol. The first-order valence-corrected chi connectivity index (χ1v) is 12.3. The predicted octanol–water partition coefficient (Wildman–Crippen LogP) is 4.58. The van der Waals surface area contributed by atoms with Gasteiger partial charge in [-0.1, -0.05) is 18.7 Å². The molecule has 8 nitrogen and oxygen atoms in total. The van der Waals surface area contributed by atoms with Crippen LogP contribution in [0.5, 0.6) is 0 Å². The minimum absolute atomic E-state index is 0.0127. The fraction of sp³-hybridized carbons (Fsp3) is 0.276. The Labute approximate surface area is 220 Å². The molecule has 0 N–H and O–H groups in total. The van der Waals surface area contributed by atoms with Crippen LogP contribution in [0.2, 0.25) is 0 Å². The highest BCUT2D eigenvalue weighted by molar-refractivity contribution is 5.89. The summed E-state index contributed by atoms with van der Waals surface area (Å²) in [4.78, 5) is 29.8. The number of aryl methyl sites for hydroxylation is 1. The Hall–Kier alpha value is -4.60. The standard InChI is InChI=1S/C29H26FN7O/c1-18-17-37(29(23-10-9-22(30)15-33-23)21-7-5-20(14-31)6-8-21)19(2)16-36(18)25-13-27(38)35(4)24-11-12-26(32-3)34-28(24)25/h5-13,15,18-19,29H,16-17H2,1-2,4H3/t18-,19+,29?/m0/s1. The highest BCUT2D eigenvalue weighted by atomic mass is 19.1. The molecule has 4 aromatic rings. The molecule has 38 heavy (non-hydrogen) atoms. The van der Waals surface area contributed by atoms with Crippen LogP contribution in [0.15, 0.2) is 65.6 Å². The molecular weight excluding hydrogens is 481 g/mol. The van der Waals surface area contributed by atoms with Crippen LogP contribution in [0, 0.1) is 23.7 Å². The molecule has 0 spiro atoms. The van der Waals surface area contributed by atoms with Gasteiger partial charge in [-0.2, -0.15) is 5.26 Å². The van der Waals surface area contributed by atoms with Crippen molar-refractivity contribution in [1.29, 1.82) is 5.26 Å². The lowest BCUT2D eigenvalue weighted by Gasteiger charge is -2.48. The molecule has 1 aromatic carbocycles. The smallest absolute Gasteiger partial charge is 0.270 e. The predicted molar refractivity (Wildman–Crippen MR) is 143 cm³/mol. The largest absolute Gasteiger partial charge is 0.362 e. The van der Waals surface area contributed by atoms with Gasteiger partial charge in [-0.05, 0) is 55.8 Å². The van der Waals surface area contributed by atoms with E-state index in [0.29, 0.717) is 41.1 Å². The number of nitrogens with zero attached hydrogens (tertiary/aromatic N) is 7. The van der Waals surface area contributed by atoms with Crippen LogP contribution in [-0.2, 0) is 7.05 Å². The van der Waals surface area contributed by atoms with Crippen LogP contribution in [0.4, 0.5) is 15.9 Å². The van der Waals surface area contributed by atoms with E-state index in [1.807, 2.05) is 12.1 Å². The molecule has 4 heterocycles. The van der Waals surface area contributed by atoms with E-state index in [1.165, 1.54) is 12.3 Å². The number of nitriles is 1. The first-order chi connectivity index (χ1) is 18.3. The second kappa shape index (κ2) is 10.0. The summed E-state index contributed by atoms with van der Waals surface area (Å²) in [5.74, 6) is -0.123. The summed E-state index contributed by atoms with van der Waals surface area (Å²) >= 11 is 0. The summed E-state index contributed by atoms with van der Waals surface area (Å²) in [6.45, 7) is 12.8. The molecule has 0 aliphatic carbocycles. The number of benzene rings is 1. The molecule has 0 saturated carbocycles. The molecular formula is C29H26FN7O. The third-order valence-electron chi connectivity index (χ3n) is 7.23. The SMILES string of the molecule is [C-]#[N+]c1ccc2c(n1)c(N1C[C@@H](C)N(C(c3ccc(C#N)cc3)c3ccc(F)cn3)C[C@@H]1C)cc(=O)n2C. The van der Waals surface area contributed by atoms with Crippen LogP contribution < -0.4 is 10.5 Å². The third-order valence-corrected chi connectivity index (χ3v) is 7.23. The van der Waals surface area contributed by atoms with Gasteiger partial charge in [-0.3, -0.25) is 14.7 Å². The van der Waals surface area contributed by atoms with Gasteiger partial charge in [0.1, 0.15) is 5.82 Å². The van der Waals surface area contributed by atoms with Crippen molar-refractivity contribution in [3.8, 4) is 6.07 Å². The molecule has 1 aliphatic heterocycles. The fourth-order valence-electron chi connectivity index (χ4n) is 5.25. The second-order valence-electron chi connectivity index (χ2n) is 9.66. The topological polar surface area (TPSA) is 82.4 Å². The zero-order valence-corrected chi connectivity index (χ0v) is 21.3. The summed E-state index contributed by atoms with van der Waals surface area (Å²) in [5, 5.41) is 9.26. The number of hydrogen-bond acceptors (Lipinski definition) is 6. The first-order valence-electron chi connectivity index (χ1n) is 12.3. The van der Waals surface area contributed by atoms with Crippen LogP contribution in [-0.4, -0.2) is 44.6 Å². The molecule has 0 amide bonds. The molecule has 0 bridgehead atoms. The summed E-state index contributed by atoms with van der Waals surface area (Å²) in [6, 6.07) is 17.4. The van der Waals surface area contributed by atoms with Crippen molar-refractivity contribution in [2.75, 3.05) is 18.0 Å². The number of halogens is 1. The Kier molecular flexibility index (Phi) is 6.62. The molecule has 1 fully saturated rings. The molecule has 3 aromatic heterocycles. The van der Waals surface area contributed by atoms with Gasteiger partial charge in [0.2, 0.25) is 5.52 Å². The molecule has 1 unspecified atom stereocenters. The lowest BCUT2D eigenvalue weighted by atomic mass is 9.95. The van der Waals surface area contributed by atoms with Crippen molar-refractivity contribution in [3.63, 3.8) is 0 Å². The maximum Gasteiger partial charge on any atom is 0.270 e. The van der Waals surface area contributed by atoms with E-state index >= 15 is 0 Å².